The second-order valence-electron chi connectivity index (χ2n) is 4.76. The first-order valence-electron chi connectivity index (χ1n) is 7.13. The number of carbonyl (C=O) groups excluding carboxylic acids is 3. The van der Waals surface area contributed by atoms with Crippen molar-refractivity contribution >= 4 is 23.8 Å². The number of nitrogens with zero attached hydrogens (tertiary/aromatic N) is 1. The van der Waals surface area contributed by atoms with Gasteiger partial charge in [0.25, 0.3) is 0 Å². The lowest BCUT2D eigenvalue weighted by Gasteiger charge is -2.19. The number of amides is 4. The van der Waals surface area contributed by atoms with Gasteiger partial charge in [-0.25, -0.2) is 4.79 Å². The van der Waals surface area contributed by atoms with Crippen LogP contribution in [-0.2, 0) is 9.59 Å². The topological polar surface area (TPSA) is 190 Å². The van der Waals surface area contributed by atoms with Gasteiger partial charge in [-0.05, 0) is 12.8 Å². The van der Waals surface area contributed by atoms with Gasteiger partial charge in [0.05, 0.1) is 13.1 Å². The number of urea groups is 1. The van der Waals surface area contributed by atoms with Gasteiger partial charge in [-0.2, -0.15) is 0 Å². The van der Waals surface area contributed by atoms with E-state index in [1.54, 1.807) is 7.05 Å². The van der Waals surface area contributed by atoms with Crippen molar-refractivity contribution in [3.8, 4) is 0 Å². The summed E-state index contributed by atoms with van der Waals surface area (Å²) < 4.78 is 0. The van der Waals surface area contributed by atoms with E-state index >= 15 is 0 Å². The fourth-order valence-corrected chi connectivity index (χ4v) is 1.68. The van der Waals surface area contributed by atoms with Crippen LogP contribution >= 0.6 is 0 Å². The Morgan fingerprint density at radius 3 is 2.35 bits per heavy atom. The number of aliphatic imine (C=N–C) groups is 1. The Morgan fingerprint density at radius 2 is 1.78 bits per heavy atom. The van der Waals surface area contributed by atoms with Gasteiger partial charge in [0.15, 0.2) is 5.96 Å². The Bertz CT molecular complexity index is 427. The van der Waals surface area contributed by atoms with Crippen LogP contribution in [-0.4, -0.2) is 63.1 Å². The lowest BCUT2D eigenvalue weighted by Crippen LogP contribution is -2.48. The van der Waals surface area contributed by atoms with E-state index in [1.165, 1.54) is 0 Å². The quantitative estimate of drug-likeness (QED) is 0.117. The molecule has 11 heteroatoms. The molecule has 0 saturated heterocycles. The second-order valence-corrected chi connectivity index (χ2v) is 4.76. The summed E-state index contributed by atoms with van der Waals surface area (Å²) in [5.41, 5.74) is 15.4. The van der Waals surface area contributed by atoms with Crippen LogP contribution in [0, 0.1) is 0 Å². The van der Waals surface area contributed by atoms with Crippen molar-refractivity contribution in [1.29, 1.82) is 0 Å². The molecule has 0 aliphatic rings. The summed E-state index contributed by atoms with van der Waals surface area (Å²) in [7, 11) is 1.57. The number of hydrogen-bond acceptors (Lipinski definition) is 5. The predicted octanol–water partition coefficient (Wildman–Crippen LogP) is -3.47. The Balaban J connectivity index is 4.23. The lowest BCUT2D eigenvalue weighted by atomic mass is 10.1. The van der Waals surface area contributed by atoms with Crippen molar-refractivity contribution < 1.29 is 14.4 Å². The molecule has 0 aromatic heterocycles. The third kappa shape index (κ3) is 12.9. The molecule has 0 bridgehead atoms. The molecular weight excluding hydrogens is 304 g/mol. The van der Waals surface area contributed by atoms with Gasteiger partial charge in [0.1, 0.15) is 0 Å². The smallest absolute Gasteiger partial charge is 0.312 e. The highest BCUT2D eigenvalue weighted by Gasteiger charge is 2.12. The van der Waals surface area contributed by atoms with Crippen LogP contribution in [0.25, 0.3) is 0 Å². The molecule has 4 amide bonds. The second kappa shape index (κ2) is 12.0. The zero-order valence-corrected chi connectivity index (χ0v) is 13.2. The average molecular weight is 330 g/mol. The molecule has 0 aromatic carbocycles. The van der Waals surface area contributed by atoms with Crippen molar-refractivity contribution in [2.24, 2.45) is 22.2 Å². The number of hydrogen-bond donors (Lipinski definition) is 7. The summed E-state index contributed by atoms with van der Waals surface area (Å²) in [5.74, 6) is -0.528. The molecule has 11 nitrogen and oxygen atoms in total. The fourth-order valence-electron chi connectivity index (χ4n) is 1.68. The third-order valence-corrected chi connectivity index (χ3v) is 2.75. The zero-order valence-electron chi connectivity index (χ0n) is 13.2. The minimum absolute atomic E-state index is 0.0135. The molecule has 0 aromatic rings. The van der Waals surface area contributed by atoms with E-state index in [1.807, 2.05) is 0 Å². The first-order valence-corrected chi connectivity index (χ1v) is 7.13. The van der Waals surface area contributed by atoms with E-state index in [4.69, 9.17) is 17.2 Å². The largest absolute Gasteiger partial charge is 0.370 e. The minimum atomic E-state index is -0.776. The minimum Gasteiger partial charge on any atom is -0.370 e. The number of nitrogens with two attached hydrogens (primary N) is 3. The van der Waals surface area contributed by atoms with Crippen molar-refractivity contribution in [1.82, 2.24) is 21.3 Å². The molecule has 0 spiro atoms. The van der Waals surface area contributed by atoms with Gasteiger partial charge in [0.2, 0.25) is 11.8 Å². The van der Waals surface area contributed by atoms with Crippen molar-refractivity contribution in [3.05, 3.63) is 0 Å². The standard InChI is InChI=1S/C12H26N8O3/c1-16-11(14)18-4-2-3-8(5-17-6-9(13)21)20-10(22)7-19-12(15)23/h8,17H,2-7H2,1H3,(H2,13,21)(H,20,22)(H3,14,16,18)(H3,15,19,23). The normalized spacial score (nSPS) is 12.3. The van der Waals surface area contributed by atoms with Gasteiger partial charge < -0.3 is 38.5 Å². The first-order chi connectivity index (χ1) is 10.8. The van der Waals surface area contributed by atoms with Crippen LogP contribution in [0.3, 0.4) is 0 Å². The van der Waals surface area contributed by atoms with Crippen molar-refractivity contribution in [3.63, 3.8) is 0 Å². The zero-order chi connectivity index (χ0) is 17.7. The van der Waals surface area contributed by atoms with E-state index in [2.05, 4.69) is 26.3 Å². The van der Waals surface area contributed by atoms with Gasteiger partial charge in [0, 0.05) is 26.2 Å². The maximum absolute atomic E-state index is 11.7. The third-order valence-electron chi connectivity index (χ3n) is 2.75. The van der Waals surface area contributed by atoms with E-state index in [9.17, 15) is 14.4 Å². The van der Waals surface area contributed by atoms with E-state index in [0.29, 0.717) is 31.9 Å². The maximum Gasteiger partial charge on any atom is 0.312 e. The molecule has 1 atom stereocenters. The summed E-state index contributed by atoms with van der Waals surface area (Å²) in [6.07, 6.45) is 1.33. The predicted molar refractivity (Wildman–Crippen MR) is 86.4 cm³/mol. The summed E-state index contributed by atoms with van der Waals surface area (Å²) >= 11 is 0. The number of carbonyl (C=O) groups is 3. The SMILES string of the molecule is CN=C(N)NCCCC(CNCC(N)=O)NC(=O)CNC(N)=O. The Labute approximate surface area is 134 Å². The number of primary amides is 2. The van der Waals surface area contributed by atoms with Crippen molar-refractivity contribution in [2.75, 3.05) is 33.2 Å². The van der Waals surface area contributed by atoms with Gasteiger partial charge >= 0.3 is 6.03 Å². The molecule has 132 valence electrons. The van der Waals surface area contributed by atoms with E-state index in [0.717, 1.165) is 0 Å². The fraction of sp³-hybridized carbons (Fsp3) is 0.667. The number of rotatable bonds is 11. The summed E-state index contributed by atoms with van der Waals surface area (Å²) in [6.45, 7) is 0.752. The van der Waals surface area contributed by atoms with E-state index < -0.39 is 11.9 Å². The molecule has 0 fully saturated rings. The van der Waals surface area contributed by atoms with Crippen LogP contribution < -0.4 is 38.5 Å². The van der Waals surface area contributed by atoms with Crippen LogP contribution in [0.5, 0.6) is 0 Å². The van der Waals surface area contributed by atoms with E-state index in [-0.39, 0.29) is 25.0 Å². The maximum atomic E-state index is 11.7. The first kappa shape index (κ1) is 20.4. The Morgan fingerprint density at radius 1 is 1.09 bits per heavy atom. The molecule has 0 aliphatic carbocycles. The van der Waals surface area contributed by atoms with Crippen LogP contribution in [0.1, 0.15) is 12.8 Å². The number of guanidine groups is 1. The molecule has 0 saturated carbocycles. The Kier molecular flexibility index (Phi) is 10.7. The highest BCUT2D eigenvalue weighted by molar-refractivity contribution is 5.83. The van der Waals surface area contributed by atoms with Gasteiger partial charge in [-0.3, -0.25) is 14.6 Å². The summed E-state index contributed by atoms with van der Waals surface area (Å²) in [5, 5.41) is 10.7. The number of nitrogens with one attached hydrogen (secondary N) is 4. The average Bonchev–Trinajstić information content (AvgIpc) is 2.48. The molecule has 1 unspecified atom stereocenters. The van der Waals surface area contributed by atoms with Crippen LogP contribution in [0.15, 0.2) is 4.99 Å². The molecule has 0 radical (unpaired) electrons. The summed E-state index contributed by atoms with van der Waals surface area (Å²) in [4.78, 5) is 36.7. The van der Waals surface area contributed by atoms with Gasteiger partial charge in [-0.1, -0.05) is 0 Å². The summed E-state index contributed by atoms with van der Waals surface area (Å²) in [6, 6.07) is -1.01. The van der Waals surface area contributed by atoms with Crippen molar-refractivity contribution in [2.45, 2.75) is 18.9 Å². The molecule has 10 N–H and O–H groups in total. The highest BCUT2D eigenvalue weighted by atomic mass is 16.2. The lowest BCUT2D eigenvalue weighted by molar-refractivity contribution is -0.120. The van der Waals surface area contributed by atoms with Crippen LogP contribution in [0.2, 0.25) is 0 Å². The molecular formula is C12H26N8O3. The van der Waals surface area contributed by atoms with Crippen LogP contribution in [0.4, 0.5) is 4.79 Å². The Hall–Kier alpha value is -2.56. The molecule has 0 rings (SSSR count). The molecule has 23 heavy (non-hydrogen) atoms. The van der Waals surface area contributed by atoms with Gasteiger partial charge in [-0.15, -0.1) is 0 Å². The monoisotopic (exact) mass is 330 g/mol. The highest BCUT2D eigenvalue weighted by Crippen LogP contribution is 1.96. The molecule has 0 aliphatic heterocycles. The molecule has 0 heterocycles.